The van der Waals surface area contributed by atoms with Crippen LogP contribution in [0.2, 0.25) is 0 Å². The van der Waals surface area contributed by atoms with Crippen molar-refractivity contribution in [3.8, 4) is 23.7 Å². The van der Waals surface area contributed by atoms with E-state index in [2.05, 4.69) is 23.7 Å². The largest absolute Gasteiger partial charge is 0.253 e. The van der Waals surface area contributed by atoms with E-state index >= 15 is 0 Å². The molecule has 2 rings (SSSR count). The average Bonchev–Trinajstić information content (AvgIpc) is 2.58. The maximum atomic E-state index is 12.0. The number of hydrogen-bond donors (Lipinski definition) is 0. The molecule has 0 heterocycles. The van der Waals surface area contributed by atoms with E-state index in [0.29, 0.717) is 0 Å². The molecule has 4 heteroatoms. The first kappa shape index (κ1) is 18.2. The number of hydrogen-bond acceptors (Lipinski definition) is 2. The predicted molar refractivity (Wildman–Crippen MR) is 100 cm³/mol. The molecule has 0 saturated carbocycles. The van der Waals surface area contributed by atoms with Crippen LogP contribution in [0.5, 0.6) is 0 Å². The second-order valence-corrected chi connectivity index (χ2v) is 8.11. The summed E-state index contributed by atoms with van der Waals surface area (Å²) in [5, 5.41) is 0. The Bertz CT molecular complexity index is 783. The SMILES string of the molecule is Cc1ccc(S(=O)CC#CC#CCS(=O)c2ccc(C)cc2)cc1. The Hall–Kier alpha value is -2.14. The lowest BCUT2D eigenvalue weighted by atomic mass is 10.2. The minimum atomic E-state index is -1.14. The lowest BCUT2D eigenvalue weighted by Crippen LogP contribution is -1.96. The molecular formula is C20H18O2S2. The molecule has 0 saturated heterocycles. The van der Waals surface area contributed by atoms with Crippen molar-refractivity contribution in [2.75, 3.05) is 11.5 Å². The van der Waals surface area contributed by atoms with Gasteiger partial charge in [-0.3, -0.25) is 8.42 Å². The van der Waals surface area contributed by atoms with Crippen LogP contribution in [-0.4, -0.2) is 19.9 Å². The van der Waals surface area contributed by atoms with Gasteiger partial charge in [-0.05, 0) is 50.0 Å². The van der Waals surface area contributed by atoms with Gasteiger partial charge in [0.25, 0.3) is 0 Å². The van der Waals surface area contributed by atoms with Crippen LogP contribution in [0.3, 0.4) is 0 Å². The first-order valence-corrected chi connectivity index (χ1v) is 10.1. The standard InChI is InChI=1S/C20H18O2S2/c1-17-7-11-19(12-8-17)23(21)15-5-3-4-6-16-24(22)20-13-9-18(2)10-14-20/h7-14H,15-16H2,1-2H3. The van der Waals surface area contributed by atoms with Crippen LogP contribution in [0.1, 0.15) is 11.1 Å². The molecule has 0 aliphatic carbocycles. The molecule has 2 nitrogen and oxygen atoms in total. The molecule has 2 aromatic rings. The van der Waals surface area contributed by atoms with Gasteiger partial charge < -0.3 is 0 Å². The highest BCUT2D eigenvalue weighted by molar-refractivity contribution is 7.85. The fraction of sp³-hybridized carbons (Fsp3) is 0.200. The van der Waals surface area contributed by atoms with Crippen molar-refractivity contribution in [3.63, 3.8) is 0 Å². The lowest BCUT2D eigenvalue weighted by molar-refractivity contribution is 0.684. The molecule has 0 aromatic heterocycles. The van der Waals surface area contributed by atoms with Crippen molar-refractivity contribution in [1.82, 2.24) is 0 Å². The summed E-state index contributed by atoms with van der Waals surface area (Å²) in [6.07, 6.45) is 0. The Morgan fingerprint density at radius 3 is 1.33 bits per heavy atom. The fourth-order valence-electron chi connectivity index (χ4n) is 1.84. The lowest BCUT2D eigenvalue weighted by Gasteiger charge is -1.98. The minimum Gasteiger partial charge on any atom is -0.253 e. The molecule has 0 fully saturated rings. The Labute approximate surface area is 148 Å². The summed E-state index contributed by atoms with van der Waals surface area (Å²) in [5.74, 6) is 11.4. The van der Waals surface area contributed by atoms with E-state index < -0.39 is 21.6 Å². The van der Waals surface area contributed by atoms with Gasteiger partial charge in [-0.1, -0.05) is 47.2 Å². The summed E-state index contributed by atoms with van der Waals surface area (Å²) in [7, 11) is -2.28. The van der Waals surface area contributed by atoms with E-state index in [1.54, 1.807) is 0 Å². The number of aryl methyl sites for hydroxylation is 2. The zero-order chi connectivity index (χ0) is 17.4. The summed E-state index contributed by atoms with van der Waals surface area (Å²) < 4.78 is 24.0. The Kier molecular flexibility index (Phi) is 7.00. The van der Waals surface area contributed by atoms with Crippen molar-refractivity contribution in [1.29, 1.82) is 0 Å². The third kappa shape index (κ3) is 5.81. The smallest absolute Gasteiger partial charge is 0.0904 e. The van der Waals surface area contributed by atoms with Crippen LogP contribution < -0.4 is 0 Å². The van der Waals surface area contributed by atoms with E-state index in [0.717, 1.165) is 20.9 Å². The first-order valence-electron chi connectivity index (χ1n) is 7.42. The van der Waals surface area contributed by atoms with Gasteiger partial charge in [-0.15, -0.1) is 0 Å². The maximum absolute atomic E-state index is 12.0. The van der Waals surface area contributed by atoms with E-state index in [9.17, 15) is 8.42 Å². The van der Waals surface area contributed by atoms with E-state index in [-0.39, 0.29) is 11.5 Å². The van der Waals surface area contributed by atoms with Crippen LogP contribution in [0.25, 0.3) is 0 Å². The summed E-state index contributed by atoms with van der Waals surface area (Å²) >= 11 is 0. The summed E-state index contributed by atoms with van der Waals surface area (Å²) in [6.45, 7) is 3.98. The molecule has 0 aliphatic rings. The van der Waals surface area contributed by atoms with Gasteiger partial charge in [-0.25, -0.2) is 0 Å². The van der Waals surface area contributed by atoms with E-state index in [1.165, 1.54) is 0 Å². The maximum Gasteiger partial charge on any atom is 0.0904 e. The summed E-state index contributed by atoms with van der Waals surface area (Å²) in [6, 6.07) is 15.1. The van der Waals surface area contributed by atoms with E-state index in [1.807, 2.05) is 62.4 Å². The van der Waals surface area contributed by atoms with Crippen LogP contribution in [0.15, 0.2) is 58.3 Å². The molecule has 0 N–H and O–H groups in total. The first-order chi connectivity index (χ1) is 11.6. The van der Waals surface area contributed by atoms with Gasteiger partial charge in [0.15, 0.2) is 0 Å². The Morgan fingerprint density at radius 2 is 1.00 bits per heavy atom. The molecule has 2 atom stereocenters. The molecule has 122 valence electrons. The van der Waals surface area contributed by atoms with Gasteiger partial charge >= 0.3 is 0 Å². The summed E-state index contributed by atoms with van der Waals surface area (Å²) in [4.78, 5) is 1.53. The van der Waals surface area contributed by atoms with Crippen LogP contribution in [0, 0.1) is 37.5 Å². The predicted octanol–water partition coefficient (Wildman–Crippen LogP) is 3.23. The quantitative estimate of drug-likeness (QED) is 0.790. The van der Waals surface area contributed by atoms with Gasteiger partial charge in [-0.2, -0.15) is 0 Å². The fourth-order valence-corrected chi connectivity index (χ4v) is 3.46. The van der Waals surface area contributed by atoms with Gasteiger partial charge in [0.1, 0.15) is 0 Å². The van der Waals surface area contributed by atoms with Crippen molar-refractivity contribution in [3.05, 3.63) is 59.7 Å². The molecule has 0 radical (unpaired) electrons. The minimum absolute atomic E-state index is 0.249. The van der Waals surface area contributed by atoms with Gasteiger partial charge in [0, 0.05) is 9.79 Å². The summed E-state index contributed by atoms with van der Waals surface area (Å²) in [5.41, 5.74) is 2.27. The highest BCUT2D eigenvalue weighted by Gasteiger charge is 2.01. The molecule has 2 aromatic carbocycles. The number of rotatable bonds is 4. The zero-order valence-electron chi connectivity index (χ0n) is 13.7. The molecule has 0 aliphatic heterocycles. The van der Waals surface area contributed by atoms with Crippen LogP contribution in [-0.2, 0) is 21.6 Å². The van der Waals surface area contributed by atoms with Crippen LogP contribution in [0.4, 0.5) is 0 Å². The monoisotopic (exact) mass is 354 g/mol. The molecule has 2 unspecified atom stereocenters. The molecule has 24 heavy (non-hydrogen) atoms. The van der Waals surface area contributed by atoms with Gasteiger partial charge in [0.05, 0.1) is 33.1 Å². The number of benzene rings is 2. The second kappa shape index (κ2) is 9.23. The van der Waals surface area contributed by atoms with Crippen molar-refractivity contribution in [2.24, 2.45) is 0 Å². The van der Waals surface area contributed by atoms with E-state index in [4.69, 9.17) is 0 Å². The highest BCUT2D eigenvalue weighted by atomic mass is 32.2. The molecule has 0 spiro atoms. The topological polar surface area (TPSA) is 34.1 Å². The third-order valence-electron chi connectivity index (χ3n) is 3.21. The molecular weight excluding hydrogens is 336 g/mol. The van der Waals surface area contributed by atoms with Crippen molar-refractivity contribution < 1.29 is 8.42 Å². The molecule has 0 amide bonds. The van der Waals surface area contributed by atoms with Crippen LogP contribution >= 0.6 is 0 Å². The molecule has 0 bridgehead atoms. The third-order valence-corrected chi connectivity index (χ3v) is 5.62. The van der Waals surface area contributed by atoms with Crippen molar-refractivity contribution in [2.45, 2.75) is 23.6 Å². The Balaban J connectivity index is 1.84. The zero-order valence-corrected chi connectivity index (χ0v) is 15.3. The highest BCUT2D eigenvalue weighted by Crippen LogP contribution is 2.08. The van der Waals surface area contributed by atoms with Gasteiger partial charge in [0.2, 0.25) is 0 Å². The van der Waals surface area contributed by atoms with Crippen molar-refractivity contribution >= 4 is 21.6 Å². The second-order valence-electron chi connectivity index (χ2n) is 5.21. The Morgan fingerprint density at radius 1 is 0.667 bits per heavy atom. The average molecular weight is 354 g/mol. The normalized spacial score (nSPS) is 12.2.